The molecule has 8 nitrogen and oxygen atoms in total. The van der Waals surface area contributed by atoms with Crippen LogP contribution in [-0.2, 0) is 15.7 Å². The SMILES string of the molecule is O=[N+]([O-])c1ccc(COP(=O)(N(CCCl)CCCl)N(CCCl)CCCl)[nH]1. The highest BCUT2D eigenvalue weighted by atomic mass is 35.5. The molecule has 150 valence electrons. The van der Waals surface area contributed by atoms with E-state index in [0.717, 1.165) is 0 Å². The minimum Gasteiger partial charge on any atom is -0.358 e. The fraction of sp³-hybridized carbons (Fsp3) is 0.692. The molecule has 1 rings (SSSR count). The highest BCUT2D eigenvalue weighted by Crippen LogP contribution is 2.54. The van der Waals surface area contributed by atoms with E-state index in [2.05, 4.69) is 4.98 Å². The topological polar surface area (TPSA) is 91.7 Å². The smallest absolute Gasteiger partial charge is 0.346 e. The summed E-state index contributed by atoms with van der Waals surface area (Å²) in [5.41, 5.74) is 0.422. The van der Waals surface area contributed by atoms with Crippen LogP contribution in [-0.4, -0.2) is 68.9 Å². The molecule has 0 atom stereocenters. The van der Waals surface area contributed by atoms with Crippen LogP contribution in [0.1, 0.15) is 5.69 Å². The molecule has 0 saturated carbocycles. The second kappa shape index (κ2) is 12.4. The number of halogens is 4. The fourth-order valence-corrected chi connectivity index (χ4v) is 5.92. The number of alkyl halides is 4. The highest BCUT2D eigenvalue weighted by Gasteiger charge is 2.38. The van der Waals surface area contributed by atoms with E-state index in [-0.39, 0.29) is 62.1 Å². The van der Waals surface area contributed by atoms with Crippen molar-refractivity contribution in [1.82, 2.24) is 14.3 Å². The first-order valence-corrected chi connectivity index (χ1v) is 11.4. The van der Waals surface area contributed by atoms with E-state index in [9.17, 15) is 14.7 Å². The van der Waals surface area contributed by atoms with E-state index < -0.39 is 12.6 Å². The van der Waals surface area contributed by atoms with Crippen molar-refractivity contribution in [3.05, 3.63) is 27.9 Å². The Balaban J connectivity index is 3.06. The van der Waals surface area contributed by atoms with Gasteiger partial charge >= 0.3 is 13.5 Å². The third kappa shape index (κ3) is 6.84. The van der Waals surface area contributed by atoms with E-state index in [0.29, 0.717) is 5.69 Å². The fourth-order valence-electron chi connectivity index (χ4n) is 2.23. The molecule has 0 aromatic carbocycles. The molecule has 0 saturated heterocycles. The zero-order valence-corrected chi connectivity index (χ0v) is 17.9. The number of rotatable bonds is 14. The number of aromatic nitrogens is 1. The zero-order chi connectivity index (χ0) is 19.6. The van der Waals surface area contributed by atoms with Crippen LogP contribution in [0.5, 0.6) is 0 Å². The van der Waals surface area contributed by atoms with Crippen molar-refractivity contribution in [1.29, 1.82) is 0 Å². The highest BCUT2D eigenvalue weighted by molar-refractivity contribution is 7.54. The molecular formula is C13H21Cl4N4O4P. The normalized spacial score (nSPS) is 12.2. The monoisotopic (exact) mass is 468 g/mol. The third-order valence-electron chi connectivity index (χ3n) is 3.40. The number of nitro groups is 1. The standard InChI is InChI=1S/C13H21Cl4N4O4P/c14-3-7-19(8-4-15)26(24,20(9-5-16)10-6-17)25-11-12-1-2-13(18-12)21(22)23/h1-2,18H,3-11H2. The van der Waals surface area contributed by atoms with Crippen LogP contribution in [0.25, 0.3) is 0 Å². The summed E-state index contributed by atoms with van der Waals surface area (Å²) in [5, 5.41) is 10.8. The molecule has 0 fully saturated rings. The first-order valence-electron chi connectivity index (χ1n) is 7.74. The Hall–Kier alpha value is -0.0500. The minimum absolute atomic E-state index is 0.118. The van der Waals surface area contributed by atoms with Gasteiger partial charge in [-0.25, -0.2) is 14.3 Å². The molecule has 26 heavy (non-hydrogen) atoms. The third-order valence-corrected chi connectivity index (χ3v) is 6.77. The van der Waals surface area contributed by atoms with E-state index >= 15 is 0 Å². The summed E-state index contributed by atoms with van der Waals surface area (Å²) in [6.45, 7) is 1.04. The lowest BCUT2D eigenvalue weighted by Crippen LogP contribution is -2.37. The molecule has 0 amide bonds. The van der Waals surface area contributed by atoms with E-state index in [1.54, 1.807) is 9.34 Å². The van der Waals surface area contributed by atoms with E-state index in [4.69, 9.17) is 50.9 Å². The average Bonchev–Trinajstić information content (AvgIpc) is 3.09. The van der Waals surface area contributed by atoms with Gasteiger partial charge in [0.05, 0.1) is 0 Å². The van der Waals surface area contributed by atoms with Gasteiger partial charge in [0.1, 0.15) is 12.3 Å². The quantitative estimate of drug-likeness (QED) is 0.191. The molecule has 0 radical (unpaired) electrons. The van der Waals surface area contributed by atoms with Crippen molar-refractivity contribution in [3.63, 3.8) is 0 Å². The molecule has 0 spiro atoms. The Morgan fingerprint density at radius 2 is 1.46 bits per heavy atom. The van der Waals surface area contributed by atoms with Crippen molar-refractivity contribution < 1.29 is 14.0 Å². The predicted molar refractivity (Wildman–Crippen MR) is 106 cm³/mol. The molecular weight excluding hydrogens is 449 g/mol. The Bertz CT molecular complexity index is 574. The summed E-state index contributed by atoms with van der Waals surface area (Å²) in [4.78, 5) is 12.8. The number of hydrogen-bond acceptors (Lipinski definition) is 4. The number of nitrogens with one attached hydrogen (secondary N) is 1. The zero-order valence-electron chi connectivity index (χ0n) is 14.0. The van der Waals surface area contributed by atoms with Crippen LogP contribution < -0.4 is 0 Å². The summed E-state index contributed by atoms with van der Waals surface area (Å²) in [5.74, 6) is 0.749. The molecule has 13 heteroatoms. The van der Waals surface area contributed by atoms with Gasteiger partial charge in [0.2, 0.25) is 0 Å². The first kappa shape index (κ1) is 24.0. The Kier molecular flexibility index (Phi) is 11.5. The van der Waals surface area contributed by atoms with Gasteiger partial charge < -0.3 is 10.1 Å². The van der Waals surface area contributed by atoms with E-state index in [1.807, 2.05) is 0 Å². The summed E-state index contributed by atoms with van der Waals surface area (Å²) >= 11 is 23.4. The van der Waals surface area contributed by atoms with Gasteiger partial charge in [0.25, 0.3) is 0 Å². The van der Waals surface area contributed by atoms with Gasteiger partial charge in [-0.05, 0) is 11.0 Å². The Labute approximate surface area is 172 Å². The molecule has 0 unspecified atom stereocenters. The molecule has 0 aliphatic heterocycles. The van der Waals surface area contributed by atoms with Gasteiger partial charge in [-0.1, -0.05) is 0 Å². The van der Waals surface area contributed by atoms with Crippen molar-refractivity contribution in [3.8, 4) is 0 Å². The molecule has 0 aliphatic carbocycles. The predicted octanol–water partition coefficient (Wildman–Crippen LogP) is 4.11. The van der Waals surface area contributed by atoms with Gasteiger partial charge in [-0.3, -0.25) is 9.09 Å². The number of aromatic amines is 1. The van der Waals surface area contributed by atoms with Crippen molar-refractivity contribution in [2.45, 2.75) is 6.61 Å². The van der Waals surface area contributed by atoms with Crippen LogP contribution in [0.15, 0.2) is 12.1 Å². The number of H-pyrrole nitrogens is 1. The lowest BCUT2D eigenvalue weighted by Gasteiger charge is -2.37. The lowest BCUT2D eigenvalue weighted by molar-refractivity contribution is -0.389. The van der Waals surface area contributed by atoms with Crippen molar-refractivity contribution in [2.75, 3.05) is 49.7 Å². The molecule has 0 aliphatic rings. The van der Waals surface area contributed by atoms with Gasteiger partial charge in [0.15, 0.2) is 0 Å². The maximum absolute atomic E-state index is 13.7. The second-order valence-electron chi connectivity index (χ2n) is 5.05. The van der Waals surface area contributed by atoms with Crippen LogP contribution in [0.3, 0.4) is 0 Å². The van der Waals surface area contributed by atoms with Crippen LogP contribution in [0.2, 0.25) is 0 Å². The van der Waals surface area contributed by atoms with Crippen LogP contribution in [0.4, 0.5) is 5.82 Å². The largest absolute Gasteiger partial charge is 0.358 e. The minimum atomic E-state index is -3.55. The van der Waals surface area contributed by atoms with E-state index in [1.165, 1.54) is 12.1 Å². The van der Waals surface area contributed by atoms with Crippen molar-refractivity contribution >= 4 is 59.9 Å². The molecule has 1 heterocycles. The molecule has 1 N–H and O–H groups in total. The molecule has 0 bridgehead atoms. The maximum atomic E-state index is 13.7. The Morgan fingerprint density at radius 1 is 1.00 bits per heavy atom. The average molecular weight is 470 g/mol. The summed E-state index contributed by atoms with van der Waals surface area (Å²) < 4.78 is 22.6. The van der Waals surface area contributed by atoms with Gasteiger partial charge in [-0.15, -0.1) is 46.4 Å². The second-order valence-corrected chi connectivity index (χ2v) is 8.94. The Morgan fingerprint density at radius 3 is 1.81 bits per heavy atom. The first-order chi connectivity index (χ1) is 12.4. The molecule has 1 aromatic heterocycles. The summed E-state index contributed by atoms with van der Waals surface area (Å²) in [6.07, 6.45) is 0. The van der Waals surface area contributed by atoms with Gasteiger partial charge in [0, 0.05) is 55.8 Å². The van der Waals surface area contributed by atoms with Crippen molar-refractivity contribution in [2.24, 2.45) is 0 Å². The summed E-state index contributed by atoms with van der Waals surface area (Å²) in [6, 6.07) is 2.82. The maximum Gasteiger partial charge on any atom is 0.346 e. The summed E-state index contributed by atoms with van der Waals surface area (Å²) in [7, 11) is -3.55. The van der Waals surface area contributed by atoms with Crippen LogP contribution in [0, 0.1) is 10.1 Å². The van der Waals surface area contributed by atoms with Crippen LogP contribution >= 0.6 is 54.1 Å². The number of nitrogens with zero attached hydrogens (tertiary/aromatic N) is 3. The number of hydrogen-bond donors (Lipinski definition) is 1. The molecule has 1 aromatic rings. The lowest BCUT2D eigenvalue weighted by atomic mass is 10.5. The van der Waals surface area contributed by atoms with Gasteiger partial charge in [-0.2, -0.15) is 0 Å².